The number of hydrogen-bond acceptors (Lipinski definition) is 2. The molecule has 0 aliphatic rings. The first-order valence-electron chi connectivity index (χ1n) is 8.16. The number of nitrogens with one attached hydrogen (secondary N) is 1. The first kappa shape index (κ1) is 21.1. The van der Waals surface area contributed by atoms with Gasteiger partial charge >= 0.3 is 0 Å². The summed E-state index contributed by atoms with van der Waals surface area (Å²) in [5.74, 6) is 1.80. The van der Waals surface area contributed by atoms with Gasteiger partial charge in [-0.1, -0.05) is 44.5 Å². The number of furan rings is 1. The molecule has 1 N–H and O–H groups in total. The molecule has 0 fully saturated rings. The number of aryl methyl sites for hydroxylation is 1. The van der Waals surface area contributed by atoms with Crippen LogP contribution in [0.1, 0.15) is 52.4 Å². The maximum Gasteiger partial charge on any atom is 0.134 e. The minimum Gasteiger partial charge on any atom is -0.460 e. The highest BCUT2D eigenvalue weighted by molar-refractivity contribution is 6.31. The topological polar surface area (TPSA) is 25.2 Å². The van der Waals surface area contributed by atoms with E-state index >= 15 is 0 Å². The Bertz CT molecular complexity index is 669. The van der Waals surface area contributed by atoms with Gasteiger partial charge in [-0.25, -0.2) is 0 Å². The maximum atomic E-state index is 6.20. The predicted molar refractivity (Wildman–Crippen MR) is 106 cm³/mol. The lowest BCUT2D eigenvalue weighted by Gasteiger charge is -2.33. The molecule has 0 bridgehead atoms. The highest BCUT2D eigenvalue weighted by atomic mass is 35.5. The predicted octanol–water partition coefficient (Wildman–Crippen LogP) is 6.63. The summed E-state index contributed by atoms with van der Waals surface area (Å²) in [6.45, 7) is 14.0. The van der Waals surface area contributed by atoms with Crippen LogP contribution >= 0.6 is 24.0 Å². The molecule has 4 heteroatoms. The van der Waals surface area contributed by atoms with Crippen molar-refractivity contribution < 1.29 is 4.42 Å². The average Bonchev–Trinajstić information content (AvgIpc) is 2.86. The van der Waals surface area contributed by atoms with Gasteiger partial charge in [0.2, 0.25) is 0 Å². The monoisotopic (exact) mass is 369 g/mol. The van der Waals surface area contributed by atoms with E-state index < -0.39 is 0 Å². The third-order valence-electron chi connectivity index (χ3n) is 3.83. The van der Waals surface area contributed by atoms with E-state index in [1.54, 1.807) is 0 Å². The van der Waals surface area contributed by atoms with Crippen molar-refractivity contribution in [3.8, 4) is 11.3 Å². The molecule has 0 aliphatic carbocycles. The van der Waals surface area contributed by atoms with Crippen LogP contribution in [0.4, 0.5) is 0 Å². The van der Waals surface area contributed by atoms with Crippen molar-refractivity contribution in [1.29, 1.82) is 0 Å². The lowest BCUT2D eigenvalue weighted by molar-refractivity contribution is 0.236. The summed E-state index contributed by atoms with van der Waals surface area (Å²) >= 11 is 6.20. The second-order valence-corrected chi connectivity index (χ2v) is 8.61. The summed E-state index contributed by atoms with van der Waals surface area (Å²) in [5, 5.41) is 4.37. The van der Waals surface area contributed by atoms with Gasteiger partial charge in [0.15, 0.2) is 0 Å². The SMILES string of the molecule is Cc1ccc(-c2ccc(CNC(C)(C)CC(C)(C)C)o2)cc1Cl.Cl. The van der Waals surface area contributed by atoms with Crippen molar-refractivity contribution in [2.45, 2.75) is 60.0 Å². The molecule has 1 heterocycles. The quantitative estimate of drug-likeness (QED) is 0.639. The van der Waals surface area contributed by atoms with E-state index in [1.165, 1.54) is 0 Å². The Hall–Kier alpha value is -0.960. The van der Waals surface area contributed by atoms with Gasteiger partial charge in [-0.15, -0.1) is 12.4 Å². The molecule has 0 radical (unpaired) electrons. The van der Waals surface area contributed by atoms with Crippen LogP contribution in [-0.4, -0.2) is 5.54 Å². The summed E-state index contributed by atoms with van der Waals surface area (Å²) in [4.78, 5) is 0. The van der Waals surface area contributed by atoms with Crippen LogP contribution < -0.4 is 5.32 Å². The lowest BCUT2D eigenvalue weighted by atomic mass is 9.82. The van der Waals surface area contributed by atoms with Crippen LogP contribution in [0.3, 0.4) is 0 Å². The molecule has 0 spiro atoms. The van der Waals surface area contributed by atoms with Gasteiger partial charge in [0, 0.05) is 16.1 Å². The van der Waals surface area contributed by atoms with Crippen LogP contribution in [0.25, 0.3) is 11.3 Å². The Kier molecular flexibility index (Phi) is 6.98. The van der Waals surface area contributed by atoms with E-state index in [1.807, 2.05) is 37.3 Å². The van der Waals surface area contributed by atoms with Crippen LogP contribution in [0, 0.1) is 12.3 Å². The van der Waals surface area contributed by atoms with E-state index in [-0.39, 0.29) is 17.9 Å². The third-order valence-corrected chi connectivity index (χ3v) is 4.24. The summed E-state index contributed by atoms with van der Waals surface area (Å²) in [6.07, 6.45) is 1.10. The van der Waals surface area contributed by atoms with Gasteiger partial charge in [0.25, 0.3) is 0 Å². The summed E-state index contributed by atoms with van der Waals surface area (Å²) < 4.78 is 5.97. The summed E-state index contributed by atoms with van der Waals surface area (Å²) in [5.41, 5.74) is 2.45. The molecule has 2 nitrogen and oxygen atoms in total. The molecule has 0 unspecified atom stereocenters. The molecule has 0 saturated heterocycles. The molecule has 2 aromatic rings. The fourth-order valence-corrected chi connectivity index (χ4v) is 3.27. The number of rotatable bonds is 5. The fourth-order valence-electron chi connectivity index (χ4n) is 3.09. The van der Waals surface area contributed by atoms with Gasteiger partial charge in [-0.05, 0) is 56.4 Å². The molecule has 134 valence electrons. The largest absolute Gasteiger partial charge is 0.460 e. The van der Waals surface area contributed by atoms with Gasteiger partial charge < -0.3 is 9.73 Å². The van der Waals surface area contributed by atoms with Crippen molar-refractivity contribution in [1.82, 2.24) is 5.32 Å². The zero-order chi connectivity index (χ0) is 17.3. The summed E-state index contributed by atoms with van der Waals surface area (Å²) in [7, 11) is 0. The molecular weight excluding hydrogens is 341 g/mol. The minimum atomic E-state index is 0. The van der Waals surface area contributed by atoms with Crippen molar-refractivity contribution in [2.24, 2.45) is 5.41 Å². The molecular formula is C20H29Cl2NO. The molecule has 0 amide bonds. The maximum absolute atomic E-state index is 6.20. The van der Waals surface area contributed by atoms with Gasteiger partial charge in [0.1, 0.15) is 11.5 Å². The smallest absolute Gasteiger partial charge is 0.134 e. The lowest BCUT2D eigenvalue weighted by Crippen LogP contribution is -2.41. The van der Waals surface area contributed by atoms with Gasteiger partial charge in [-0.2, -0.15) is 0 Å². The molecule has 1 aromatic heterocycles. The Morgan fingerprint density at radius 2 is 1.71 bits per heavy atom. The Labute approximate surface area is 157 Å². The van der Waals surface area contributed by atoms with E-state index in [9.17, 15) is 0 Å². The third kappa shape index (κ3) is 6.16. The second kappa shape index (κ2) is 7.95. The van der Waals surface area contributed by atoms with E-state index in [4.69, 9.17) is 16.0 Å². The number of benzene rings is 1. The van der Waals surface area contributed by atoms with Crippen molar-refractivity contribution in [2.75, 3.05) is 0 Å². The molecule has 1 aromatic carbocycles. The Morgan fingerprint density at radius 3 is 2.29 bits per heavy atom. The van der Waals surface area contributed by atoms with Crippen molar-refractivity contribution in [3.63, 3.8) is 0 Å². The number of hydrogen-bond donors (Lipinski definition) is 1. The minimum absolute atomic E-state index is 0. The van der Waals surface area contributed by atoms with Crippen molar-refractivity contribution in [3.05, 3.63) is 46.7 Å². The van der Waals surface area contributed by atoms with Crippen LogP contribution in [0.15, 0.2) is 34.7 Å². The Morgan fingerprint density at radius 1 is 1.04 bits per heavy atom. The highest BCUT2D eigenvalue weighted by Crippen LogP contribution is 2.29. The zero-order valence-electron chi connectivity index (χ0n) is 15.5. The van der Waals surface area contributed by atoms with E-state index in [0.29, 0.717) is 5.41 Å². The zero-order valence-corrected chi connectivity index (χ0v) is 17.1. The molecule has 24 heavy (non-hydrogen) atoms. The van der Waals surface area contributed by atoms with Crippen LogP contribution in [-0.2, 0) is 6.54 Å². The number of halogens is 2. The highest BCUT2D eigenvalue weighted by Gasteiger charge is 2.25. The normalized spacial score (nSPS) is 12.1. The molecule has 2 rings (SSSR count). The molecule has 0 saturated carbocycles. The van der Waals surface area contributed by atoms with E-state index in [2.05, 4.69) is 39.9 Å². The fraction of sp³-hybridized carbons (Fsp3) is 0.500. The first-order valence-corrected chi connectivity index (χ1v) is 8.54. The van der Waals surface area contributed by atoms with Gasteiger partial charge in [0.05, 0.1) is 6.54 Å². The standard InChI is InChI=1S/C20H28ClNO.ClH/c1-14-7-8-15(11-17(14)21)18-10-9-16(23-18)12-22-20(5,6)13-19(2,3)4;/h7-11,22H,12-13H2,1-6H3;1H. The summed E-state index contributed by atoms with van der Waals surface area (Å²) in [6, 6.07) is 10.1. The van der Waals surface area contributed by atoms with Gasteiger partial charge in [-0.3, -0.25) is 0 Å². The second-order valence-electron chi connectivity index (χ2n) is 8.20. The van der Waals surface area contributed by atoms with Crippen LogP contribution in [0.5, 0.6) is 0 Å². The average molecular weight is 370 g/mol. The van der Waals surface area contributed by atoms with Crippen molar-refractivity contribution >= 4 is 24.0 Å². The van der Waals surface area contributed by atoms with E-state index in [0.717, 1.165) is 40.6 Å². The first-order chi connectivity index (χ1) is 10.6. The molecule has 0 atom stereocenters. The van der Waals surface area contributed by atoms with Crippen LogP contribution in [0.2, 0.25) is 5.02 Å². The Balaban J connectivity index is 0.00000288. The molecule has 0 aliphatic heterocycles.